The van der Waals surface area contributed by atoms with Crippen LogP contribution in [0.15, 0.2) is 23.0 Å². The summed E-state index contributed by atoms with van der Waals surface area (Å²) in [4.78, 5) is 32.4. The van der Waals surface area contributed by atoms with Crippen LogP contribution in [0.3, 0.4) is 0 Å². The number of aliphatic hydroxyl groups is 1. The SMILES string of the molecule is CC[C@@]1(O)C(=O)OCc2c1cc1n(c2=O)Cc2cc3c4c(c(F)cc3nc2-1)N(C(C)C)CCO4. The molecule has 3 aliphatic rings. The fraction of sp³-hybridized carbons (Fsp3) is 0.400. The molecule has 0 fully saturated rings. The Balaban J connectivity index is 1.58. The molecule has 0 radical (unpaired) electrons. The number of pyridine rings is 2. The number of fused-ring (bicyclic) bond motifs is 7. The van der Waals surface area contributed by atoms with Gasteiger partial charge in [-0.2, -0.15) is 0 Å². The Morgan fingerprint density at radius 1 is 1.24 bits per heavy atom. The molecule has 1 N–H and O–H groups in total. The summed E-state index contributed by atoms with van der Waals surface area (Å²) in [6.07, 6.45) is 0.0702. The largest absolute Gasteiger partial charge is 0.489 e. The van der Waals surface area contributed by atoms with E-state index in [0.29, 0.717) is 46.9 Å². The first-order valence-corrected chi connectivity index (χ1v) is 11.5. The number of carbonyl (C=O) groups excluding carboxylic acids is 1. The van der Waals surface area contributed by atoms with E-state index >= 15 is 4.39 Å². The highest BCUT2D eigenvalue weighted by atomic mass is 19.1. The lowest BCUT2D eigenvalue weighted by molar-refractivity contribution is -0.172. The van der Waals surface area contributed by atoms with Gasteiger partial charge in [-0.1, -0.05) is 6.92 Å². The van der Waals surface area contributed by atoms with E-state index < -0.39 is 17.4 Å². The monoisotopic (exact) mass is 465 g/mol. The Kier molecular flexibility index (Phi) is 4.36. The van der Waals surface area contributed by atoms with Crippen LogP contribution in [0.4, 0.5) is 10.1 Å². The summed E-state index contributed by atoms with van der Waals surface area (Å²) < 4.78 is 27.8. The van der Waals surface area contributed by atoms with Crippen LogP contribution in [0.1, 0.15) is 43.9 Å². The molecular formula is C25H24FN3O5. The number of hydrogen-bond acceptors (Lipinski definition) is 7. The molecular weight excluding hydrogens is 441 g/mol. The van der Waals surface area contributed by atoms with Crippen LogP contribution >= 0.6 is 0 Å². The zero-order chi connectivity index (χ0) is 23.9. The molecule has 8 nitrogen and oxygen atoms in total. The first-order chi connectivity index (χ1) is 16.2. The molecule has 0 spiro atoms. The first kappa shape index (κ1) is 21.1. The van der Waals surface area contributed by atoms with Gasteiger partial charge in [-0.25, -0.2) is 14.2 Å². The minimum absolute atomic E-state index is 0.0702. The molecule has 3 aromatic rings. The van der Waals surface area contributed by atoms with Crippen molar-refractivity contribution in [2.75, 3.05) is 18.1 Å². The molecule has 0 unspecified atom stereocenters. The molecule has 0 aliphatic carbocycles. The van der Waals surface area contributed by atoms with Gasteiger partial charge in [0.2, 0.25) is 0 Å². The van der Waals surface area contributed by atoms with Crippen LogP contribution in [-0.2, 0) is 28.3 Å². The standard InChI is InChI=1S/C25H24FN3O5/c1-4-25(32)16-8-19-20-13(10-29(19)23(30)15(16)11-34-24(25)31)7-14-18(27-20)9-17(26)21-22(14)33-6-5-28(21)12(2)3/h7-9,12,32H,4-6,10-11H2,1-3H3/t25-/m0/s1. The van der Waals surface area contributed by atoms with Crippen LogP contribution in [0.2, 0.25) is 0 Å². The van der Waals surface area contributed by atoms with Gasteiger partial charge in [0.25, 0.3) is 5.56 Å². The Morgan fingerprint density at radius 3 is 2.76 bits per heavy atom. The molecule has 1 atom stereocenters. The molecule has 3 aliphatic heterocycles. The number of benzene rings is 1. The second-order valence-corrected chi connectivity index (χ2v) is 9.34. The number of hydrogen-bond donors (Lipinski definition) is 1. The van der Waals surface area contributed by atoms with E-state index in [9.17, 15) is 14.7 Å². The average Bonchev–Trinajstić information content (AvgIpc) is 3.18. The van der Waals surface area contributed by atoms with Crippen molar-refractivity contribution in [2.24, 2.45) is 0 Å². The molecule has 176 valence electrons. The topological polar surface area (TPSA) is 93.9 Å². The predicted octanol–water partition coefficient (Wildman–Crippen LogP) is 2.83. The van der Waals surface area contributed by atoms with Gasteiger partial charge in [-0.05, 0) is 32.4 Å². The quantitative estimate of drug-likeness (QED) is 0.455. The van der Waals surface area contributed by atoms with Crippen LogP contribution in [0.25, 0.3) is 22.3 Å². The second kappa shape index (κ2) is 7.02. The maximum atomic E-state index is 15.2. The van der Waals surface area contributed by atoms with E-state index in [-0.39, 0.29) is 42.3 Å². The van der Waals surface area contributed by atoms with Crippen molar-refractivity contribution >= 4 is 22.6 Å². The van der Waals surface area contributed by atoms with Gasteiger partial charge in [0, 0.05) is 28.6 Å². The maximum absolute atomic E-state index is 15.2. The Bertz CT molecular complexity index is 1460. The smallest absolute Gasteiger partial charge is 0.343 e. The molecule has 0 bridgehead atoms. The van der Waals surface area contributed by atoms with Crippen molar-refractivity contribution in [3.8, 4) is 17.1 Å². The maximum Gasteiger partial charge on any atom is 0.343 e. The molecule has 0 amide bonds. The first-order valence-electron chi connectivity index (χ1n) is 11.5. The number of cyclic esters (lactones) is 1. The minimum atomic E-state index is -1.89. The number of anilines is 1. The lowest BCUT2D eigenvalue weighted by Gasteiger charge is -2.35. The number of nitrogens with zero attached hydrogens (tertiary/aromatic N) is 3. The van der Waals surface area contributed by atoms with Gasteiger partial charge in [-0.3, -0.25) is 4.79 Å². The van der Waals surface area contributed by atoms with Crippen LogP contribution in [-0.4, -0.2) is 39.8 Å². The highest BCUT2D eigenvalue weighted by Crippen LogP contribution is 2.44. The van der Waals surface area contributed by atoms with E-state index in [1.54, 1.807) is 17.6 Å². The number of ether oxygens (including phenoxy) is 2. The van der Waals surface area contributed by atoms with Crippen molar-refractivity contribution in [3.05, 3.63) is 51.1 Å². The Labute approximate surface area is 194 Å². The third-order valence-electron chi connectivity index (χ3n) is 7.18. The molecule has 9 heteroatoms. The zero-order valence-corrected chi connectivity index (χ0v) is 19.1. The van der Waals surface area contributed by atoms with E-state index in [2.05, 4.69) is 0 Å². The Morgan fingerprint density at radius 2 is 2.03 bits per heavy atom. The fourth-order valence-corrected chi connectivity index (χ4v) is 5.34. The second-order valence-electron chi connectivity index (χ2n) is 9.34. The fourth-order valence-electron chi connectivity index (χ4n) is 5.34. The summed E-state index contributed by atoms with van der Waals surface area (Å²) >= 11 is 0. The van der Waals surface area contributed by atoms with Crippen LogP contribution in [0, 0.1) is 5.82 Å². The van der Waals surface area contributed by atoms with Crippen molar-refractivity contribution in [1.29, 1.82) is 0 Å². The van der Waals surface area contributed by atoms with Crippen LogP contribution < -0.4 is 15.2 Å². The predicted molar refractivity (Wildman–Crippen MR) is 122 cm³/mol. The van der Waals surface area contributed by atoms with Gasteiger partial charge in [0.05, 0.1) is 35.6 Å². The molecule has 34 heavy (non-hydrogen) atoms. The summed E-state index contributed by atoms with van der Waals surface area (Å²) in [5.41, 5.74) is 0.968. The van der Waals surface area contributed by atoms with Gasteiger partial charge < -0.3 is 24.0 Å². The summed E-state index contributed by atoms with van der Waals surface area (Å²) in [6, 6.07) is 5.06. The number of carbonyl (C=O) groups is 1. The number of esters is 1. The molecule has 1 aromatic carbocycles. The highest BCUT2D eigenvalue weighted by Gasteiger charge is 2.45. The summed E-state index contributed by atoms with van der Waals surface area (Å²) in [5, 5.41) is 11.7. The summed E-state index contributed by atoms with van der Waals surface area (Å²) in [7, 11) is 0. The number of aromatic nitrogens is 2. The van der Waals surface area contributed by atoms with Crippen molar-refractivity contribution in [2.45, 2.75) is 52.0 Å². The molecule has 0 saturated heterocycles. The number of rotatable bonds is 2. The molecule has 6 rings (SSSR count). The van der Waals surface area contributed by atoms with Gasteiger partial charge >= 0.3 is 5.97 Å². The van der Waals surface area contributed by atoms with Crippen molar-refractivity contribution in [3.63, 3.8) is 0 Å². The van der Waals surface area contributed by atoms with Crippen LogP contribution in [0.5, 0.6) is 5.75 Å². The molecule has 0 saturated carbocycles. The third kappa shape index (κ3) is 2.64. The van der Waals surface area contributed by atoms with E-state index in [4.69, 9.17) is 14.5 Å². The lowest BCUT2D eigenvalue weighted by Crippen LogP contribution is -2.44. The van der Waals surface area contributed by atoms with Gasteiger partial charge in [0.15, 0.2) is 17.2 Å². The van der Waals surface area contributed by atoms with Crippen molar-refractivity contribution < 1.29 is 23.8 Å². The summed E-state index contributed by atoms with van der Waals surface area (Å²) in [6.45, 7) is 6.81. The van der Waals surface area contributed by atoms with Gasteiger partial charge in [0.1, 0.15) is 18.9 Å². The number of halogens is 1. The third-order valence-corrected chi connectivity index (χ3v) is 7.18. The summed E-state index contributed by atoms with van der Waals surface area (Å²) in [5.74, 6) is -0.712. The normalized spacial score (nSPS) is 20.5. The average molecular weight is 465 g/mol. The Hall–Kier alpha value is -3.46. The molecule has 2 aromatic heterocycles. The van der Waals surface area contributed by atoms with Crippen molar-refractivity contribution in [1.82, 2.24) is 9.55 Å². The van der Waals surface area contributed by atoms with E-state index in [1.807, 2.05) is 24.8 Å². The minimum Gasteiger partial charge on any atom is -0.489 e. The van der Waals surface area contributed by atoms with Gasteiger partial charge in [-0.15, -0.1) is 0 Å². The zero-order valence-electron chi connectivity index (χ0n) is 19.1. The molecule has 5 heterocycles. The lowest BCUT2D eigenvalue weighted by atomic mass is 9.86. The van der Waals surface area contributed by atoms with E-state index in [1.165, 1.54) is 6.07 Å². The van der Waals surface area contributed by atoms with E-state index in [0.717, 1.165) is 5.56 Å². The highest BCUT2D eigenvalue weighted by molar-refractivity contribution is 5.95.